The minimum Gasteiger partial charge on any atom is -0.467 e. The lowest BCUT2D eigenvalue weighted by Crippen LogP contribution is -2.42. The number of carbonyl (C=O) groups is 2. The number of nitrogens with zero attached hydrogens (tertiary/aromatic N) is 1. The number of benzene rings is 1. The van der Waals surface area contributed by atoms with Crippen LogP contribution in [0.1, 0.15) is 36.2 Å². The van der Waals surface area contributed by atoms with Crippen molar-refractivity contribution in [3.05, 3.63) is 33.8 Å². The van der Waals surface area contributed by atoms with Gasteiger partial charge in [-0.05, 0) is 30.0 Å². The van der Waals surface area contributed by atoms with E-state index in [-0.39, 0.29) is 11.9 Å². The van der Waals surface area contributed by atoms with Crippen molar-refractivity contribution in [3.63, 3.8) is 0 Å². The van der Waals surface area contributed by atoms with Crippen molar-refractivity contribution in [3.8, 4) is 0 Å². The van der Waals surface area contributed by atoms with E-state index in [9.17, 15) is 9.59 Å². The van der Waals surface area contributed by atoms with E-state index in [1.165, 1.54) is 7.11 Å². The number of hydrogen-bond acceptors (Lipinski definition) is 3. The fraction of sp³-hybridized carbons (Fsp3) is 0.467. The monoisotopic (exact) mass is 339 g/mol. The molecule has 0 bridgehead atoms. The summed E-state index contributed by atoms with van der Waals surface area (Å²) in [7, 11) is 1.36. The van der Waals surface area contributed by atoms with Gasteiger partial charge in [-0.25, -0.2) is 4.79 Å². The van der Waals surface area contributed by atoms with Crippen molar-refractivity contribution >= 4 is 27.8 Å². The predicted octanol–water partition coefficient (Wildman–Crippen LogP) is 2.99. The highest BCUT2D eigenvalue weighted by Crippen LogP contribution is 2.29. The minimum atomic E-state index is -0.515. The van der Waals surface area contributed by atoms with Crippen molar-refractivity contribution in [2.75, 3.05) is 7.11 Å². The average Bonchev–Trinajstić information content (AvgIpc) is 2.72. The molecule has 20 heavy (non-hydrogen) atoms. The summed E-state index contributed by atoms with van der Waals surface area (Å²) in [5, 5.41) is 0. The van der Waals surface area contributed by atoms with Gasteiger partial charge in [-0.1, -0.05) is 35.8 Å². The van der Waals surface area contributed by atoms with Crippen molar-refractivity contribution in [2.45, 2.75) is 32.9 Å². The maximum absolute atomic E-state index is 12.5. The summed E-state index contributed by atoms with van der Waals surface area (Å²) >= 11 is 3.37. The molecule has 0 aromatic heterocycles. The Bertz CT molecular complexity index is 542. The molecule has 1 aliphatic heterocycles. The van der Waals surface area contributed by atoms with Crippen molar-refractivity contribution in [1.82, 2.24) is 4.90 Å². The Balaban J connectivity index is 2.29. The normalized spacial score (nSPS) is 15.4. The SMILES string of the molecule is COC(=O)[C@H](CC(C)C)N1Cc2ccc(Br)cc2C1=O. The molecule has 2 rings (SSSR count). The van der Waals surface area contributed by atoms with E-state index in [0.717, 1.165) is 10.0 Å². The van der Waals surface area contributed by atoms with Crippen LogP contribution in [0.25, 0.3) is 0 Å². The summed E-state index contributed by atoms with van der Waals surface area (Å²) in [4.78, 5) is 26.1. The van der Waals surface area contributed by atoms with Crippen LogP contribution in [0.15, 0.2) is 22.7 Å². The third-order valence-electron chi connectivity index (χ3n) is 3.45. The quantitative estimate of drug-likeness (QED) is 0.792. The molecule has 0 spiro atoms. The van der Waals surface area contributed by atoms with Gasteiger partial charge in [0, 0.05) is 16.6 Å². The maximum Gasteiger partial charge on any atom is 0.328 e. The van der Waals surface area contributed by atoms with Crippen molar-refractivity contribution < 1.29 is 14.3 Å². The van der Waals surface area contributed by atoms with E-state index in [2.05, 4.69) is 15.9 Å². The second-order valence-corrected chi connectivity index (χ2v) is 6.32. The third-order valence-corrected chi connectivity index (χ3v) is 3.94. The van der Waals surface area contributed by atoms with Crippen LogP contribution in [-0.2, 0) is 16.1 Å². The molecule has 0 radical (unpaired) electrons. The van der Waals surface area contributed by atoms with E-state index < -0.39 is 6.04 Å². The molecule has 0 fully saturated rings. The summed E-state index contributed by atoms with van der Waals surface area (Å²) < 4.78 is 5.72. The number of ether oxygens (including phenoxy) is 1. The van der Waals surface area contributed by atoms with Crippen molar-refractivity contribution in [2.24, 2.45) is 5.92 Å². The molecule has 1 aromatic carbocycles. The van der Waals surface area contributed by atoms with Crippen LogP contribution in [0.4, 0.5) is 0 Å². The lowest BCUT2D eigenvalue weighted by molar-refractivity contribution is -0.146. The molecule has 0 saturated heterocycles. The maximum atomic E-state index is 12.5. The summed E-state index contributed by atoms with van der Waals surface area (Å²) in [6, 6.07) is 5.12. The number of halogens is 1. The van der Waals surface area contributed by atoms with E-state index >= 15 is 0 Å². The Morgan fingerprint density at radius 2 is 2.15 bits per heavy atom. The Morgan fingerprint density at radius 1 is 1.45 bits per heavy atom. The number of esters is 1. The van der Waals surface area contributed by atoms with E-state index in [0.29, 0.717) is 24.4 Å². The van der Waals surface area contributed by atoms with Crippen LogP contribution < -0.4 is 0 Å². The zero-order valence-electron chi connectivity index (χ0n) is 11.9. The number of rotatable bonds is 4. The van der Waals surface area contributed by atoms with Gasteiger partial charge in [-0.3, -0.25) is 4.79 Å². The van der Waals surface area contributed by atoms with Crippen LogP contribution >= 0.6 is 15.9 Å². The molecular weight excluding hydrogens is 322 g/mol. The van der Waals surface area contributed by atoms with Crippen LogP contribution in [0, 0.1) is 5.92 Å². The number of amides is 1. The molecule has 5 heteroatoms. The lowest BCUT2D eigenvalue weighted by Gasteiger charge is -2.26. The summed E-state index contributed by atoms with van der Waals surface area (Å²) in [6.45, 7) is 4.52. The second-order valence-electron chi connectivity index (χ2n) is 5.40. The van der Waals surface area contributed by atoms with E-state index in [1.54, 1.807) is 11.0 Å². The standard InChI is InChI=1S/C15H18BrNO3/c1-9(2)6-13(15(19)20-3)17-8-10-4-5-11(16)7-12(10)14(17)18/h4-5,7,9,13H,6,8H2,1-3H3/t13-/m0/s1. The highest BCUT2D eigenvalue weighted by atomic mass is 79.9. The fourth-order valence-corrected chi connectivity index (χ4v) is 2.84. The molecule has 1 aromatic rings. The van der Waals surface area contributed by atoms with Gasteiger partial charge in [0.15, 0.2) is 0 Å². The summed E-state index contributed by atoms with van der Waals surface area (Å²) in [5.41, 5.74) is 1.62. The molecule has 1 atom stereocenters. The first kappa shape index (κ1) is 15.0. The molecule has 0 saturated carbocycles. The zero-order chi connectivity index (χ0) is 14.9. The Labute approximate surface area is 127 Å². The Kier molecular flexibility index (Phi) is 4.48. The third kappa shape index (κ3) is 2.87. The van der Waals surface area contributed by atoms with Gasteiger partial charge in [-0.15, -0.1) is 0 Å². The summed E-state index contributed by atoms with van der Waals surface area (Å²) in [5.74, 6) is -0.140. The Hall–Kier alpha value is -1.36. The zero-order valence-corrected chi connectivity index (χ0v) is 13.4. The number of hydrogen-bond donors (Lipinski definition) is 0. The highest BCUT2D eigenvalue weighted by molar-refractivity contribution is 9.10. The molecule has 0 N–H and O–H groups in total. The van der Waals surface area contributed by atoms with Gasteiger partial charge in [0.25, 0.3) is 5.91 Å². The van der Waals surface area contributed by atoms with E-state index in [1.807, 2.05) is 26.0 Å². The molecule has 108 valence electrons. The van der Waals surface area contributed by atoms with Gasteiger partial charge in [0.2, 0.25) is 0 Å². The highest BCUT2D eigenvalue weighted by Gasteiger charge is 2.37. The number of fused-ring (bicyclic) bond motifs is 1. The first-order valence-corrected chi connectivity index (χ1v) is 7.40. The number of carbonyl (C=O) groups excluding carboxylic acids is 2. The average molecular weight is 340 g/mol. The fourth-order valence-electron chi connectivity index (χ4n) is 2.48. The molecule has 4 nitrogen and oxygen atoms in total. The smallest absolute Gasteiger partial charge is 0.328 e. The molecule has 0 unspecified atom stereocenters. The van der Waals surface area contributed by atoms with Crippen LogP contribution in [0.3, 0.4) is 0 Å². The predicted molar refractivity (Wildman–Crippen MR) is 79.3 cm³/mol. The summed E-state index contributed by atoms with van der Waals surface area (Å²) in [6.07, 6.45) is 0.605. The number of methoxy groups -OCH3 is 1. The van der Waals surface area contributed by atoms with Crippen LogP contribution in [0.5, 0.6) is 0 Å². The lowest BCUT2D eigenvalue weighted by atomic mass is 10.0. The van der Waals surface area contributed by atoms with Gasteiger partial charge in [-0.2, -0.15) is 0 Å². The van der Waals surface area contributed by atoms with Crippen LogP contribution in [-0.4, -0.2) is 29.9 Å². The second kappa shape index (κ2) is 5.95. The molecule has 1 heterocycles. The largest absolute Gasteiger partial charge is 0.467 e. The molecule has 1 amide bonds. The van der Waals surface area contributed by atoms with Gasteiger partial charge in [0.05, 0.1) is 7.11 Å². The first-order chi connectivity index (χ1) is 9.43. The molecule has 1 aliphatic rings. The first-order valence-electron chi connectivity index (χ1n) is 6.61. The van der Waals surface area contributed by atoms with Gasteiger partial charge < -0.3 is 9.64 Å². The molecular formula is C15H18BrNO3. The molecule has 0 aliphatic carbocycles. The minimum absolute atomic E-state index is 0.0997. The van der Waals surface area contributed by atoms with E-state index in [4.69, 9.17) is 4.74 Å². The topological polar surface area (TPSA) is 46.6 Å². The van der Waals surface area contributed by atoms with Crippen LogP contribution in [0.2, 0.25) is 0 Å². The Morgan fingerprint density at radius 3 is 2.75 bits per heavy atom. The van der Waals surface area contributed by atoms with Gasteiger partial charge >= 0.3 is 5.97 Å². The van der Waals surface area contributed by atoms with Crippen molar-refractivity contribution in [1.29, 1.82) is 0 Å². The van der Waals surface area contributed by atoms with Gasteiger partial charge in [0.1, 0.15) is 6.04 Å².